The number of hydrogen-bond donors (Lipinski definition) is 1. The van der Waals surface area contributed by atoms with E-state index in [4.69, 9.17) is 0 Å². The Hall–Kier alpha value is -1.55. The molecule has 0 bridgehead atoms. The molecule has 1 aliphatic rings. The standard InChI is InChI=1S/C18H29FN4O3S/c1-14(2)18(15-5-7-16(19)8-6-15)20-17(24)13-22-9-11-23(12-10-22)27(25,26)21(3)4/h5-8,14,18H,9-13H2,1-4H3,(H,20,24). The van der Waals surface area contributed by atoms with Crippen molar-refractivity contribution in [2.24, 2.45) is 5.92 Å². The molecule has 0 radical (unpaired) electrons. The van der Waals surface area contributed by atoms with Gasteiger partial charge in [0.15, 0.2) is 0 Å². The third-order valence-corrected chi connectivity index (χ3v) is 6.64. The zero-order valence-corrected chi connectivity index (χ0v) is 17.2. The first-order valence-electron chi connectivity index (χ1n) is 9.06. The second-order valence-corrected chi connectivity index (χ2v) is 9.45. The van der Waals surface area contributed by atoms with Crippen molar-refractivity contribution in [3.63, 3.8) is 0 Å². The molecule has 0 aliphatic carbocycles. The smallest absolute Gasteiger partial charge is 0.281 e. The Kier molecular flexibility index (Phi) is 7.32. The molecule has 1 aromatic carbocycles. The van der Waals surface area contributed by atoms with Crippen LogP contribution in [0, 0.1) is 11.7 Å². The summed E-state index contributed by atoms with van der Waals surface area (Å²) in [4.78, 5) is 14.4. The summed E-state index contributed by atoms with van der Waals surface area (Å²) in [6.07, 6.45) is 0. The largest absolute Gasteiger partial charge is 0.348 e. The van der Waals surface area contributed by atoms with E-state index in [0.29, 0.717) is 26.2 Å². The van der Waals surface area contributed by atoms with Crippen LogP contribution in [0.5, 0.6) is 0 Å². The van der Waals surface area contributed by atoms with E-state index in [0.717, 1.165) is 5.56 Å². The van der Waals surface area contributed by atoms with Gasteiger partial charge in [0, 0.05) is 40.3 Å². The zero-order valence-electron chi connectivity index (χ0n) is 16.4. The Labute approximate surface area is 161 Å². The number of piperazine rings is 1. The van der Waals surface area contributed by atoms with Gasteiger partial charge in [-0.05, 0) is 23.6 Å². The van der Waals surface area contributed by atoms with Gasteiger partial charge in [-0.25, -0.2) is 4.39 Å². The number of nitrogens with one attached hydrogen (secondary N) is 1. The van der Waals surface area contributed by atoms with Crippen molar-refractivity contribution < 1.29 is 17.6 Å². The third-order valence-electron chi connectivity index (χ3n) is 4.70. The quantitative estimate of drug-likeness (QED) is 0.743. The average molecular weight is 401 g/mol. The average Bonchev–Trinajstić information content (AvgIpc) is 2.60. The molecule has 9 heteroatoms. The monoisotopic (exact) mass is 400 g/mol. The fourth-order valence-corrected chi connectivity index (χ4v) is 4.16. The van der Waals surface area contributed by atoms with Crippen LogP contribution >= 0.6 is 0 Å². The lowest BCUT2D eigenvalue weighted by Crippen LogP contribution is -2.53. The number of rotatable bonds is 7. The topological polar surface area (TPSA) is 73.0 Å². The minimum Gasteiger partial charge on any atom is -0.348 e. The van der Waals surface area contributed by atoms with Gasteiger partial charge in [-0.3, -0.25) is 9.69 Å². The summed E-state index contributed by atoms with van der Waals surface area (Å²) in [7, 11) is -0.392. The SMILES string of the molecule is CC(C)C(NC(=O)CN1CCN(S(=O)(=O)N(C)C)CC1)c1ccc(F)cc1. The van der Waals surface area contributed by atoms with Crippen molar-refractivity contribution in [1.82, 2.24) is 18.8 Å². The molecule has 1 atom stereocenters. The van der Waals surface area contributed by atoms with Gasteiger partial charge in [0.25, 0.3) is 10.2 Å². The molecule has 0 saturated carbocycles. The van der Waals surface area contributed by atoms with Gasteiger partial charge in [-0.15, -0.1) is 0 Å². The van der Waals surface area contributed by atoms with Crippen LogP contribution < -0.4 is 5.32 Å². The summed E-state index contributed by atoms with van der Waals surface area (Å²) in [6.45, 7) is 5.93. The molecular formula is C18H29FN4O3S. The molecule has 1 unspecified atom stereocenters. The third kappa shape index (κ3) is 5.71. The maximum atomic E-state index is 13.1. The molecule has 7 nitrogen and oxygen atoms in total. The molecule has 1 saturated heterocycles. The summed E-state index contributed by atoms with van der Waals surface area (Å²) in [5, 5.41) is 3.02. The van der Waals surface area contributed by atoms with Crippen LogP contribution in [0.25, 0.3) is 0 Å². The van der Waals surface area contributed by atoms with Gasteiger partial charge < -0.3 is 5.32 Å². The number of amides is 1. The fourth-order valence-electron chi connectivity index (χ4n) is 3.08. The lowest BCUT2D eigenvalue weighted by Gasteiger charge is -2.35. The lowest BCUT2D eigenvalue weighted by atomic mass is 9.96. The van der Waals surface area contributed by atoms with E-state index in [1.807, 2.05) is 18.7 Å². The number of nitrogens with zero attached hydrogens (tertiary/aromatic N) is 3. The predicted octanol–water partition coefficient (Wildman–Crippen LogP) is 1.06. The molecule has 2 rings (SSSR count). The van der Waals surface area contributed by atoms with Crippen LogP contribution in [-0.2, 0) is 15.0 Å². The minimum atomic E-state index is -3.41. The Morgan fingerprint density at radius 2 is 1.70 bits per heavy atom. The molecule has 1 N–H and O–H groups in total. The number of halogens is 1. The summed E-state index contributed by atoms with van der Waals surface area (Å²) < 4.78 is 40.1. The van der Waals surface area contributed by atoms with Crippen molar-refractivity contribution in [3.05, 3.63) is 35.6 Å². The van der Waals surface area contributed by atoms with Gasteiger partial charge >= 0.3 is 0 Å². The van der Waals surface area contributed by atoms with Crippen molar-refractivity contribution >= 4 is 16.1 Å². The first-order valence-corrected chi connectivity index (χ1v) is 10.5. The Morgan fingerprint density at radius 3 is 2.19 bits per heavy atom. The van der Waals surface area contributed by atoms with Crippen molar-refractivity contribution in [1.29, 1.82) is 0 Å². The Balaban J connectivity index is 1.91. The van der Waals surface area contributed by atoms with E-state index < -0.39 is 10.2 Å². The van der Waals surface area contributed by atoms with Gasteiger partial charge in [-0.1, -0.05) is 26.0 Å². The highest BCUT2D eigenvalue weighted by Crippen LogP contribution is 2.22. The predicted molar refractivity (Wildman–Crippen MR) is 103 cm³/mol. The maximum Gasteiger partial charge on any atom is 0.281 e. The number of hydrogen-bond acceptors (Lipinski definition) is 4. The lowest BCUT2D eigenvalue weighted by molar-refractivity contribution is -0.123. The summed E-state index contributed by atoms with van der Waals surface area (Å²) in [5.41, 5.74) is 0.863. The van der Waals surface area contributed by atoms with Crippen LogP contribution in [0.15, 0.2) is 24.3 Å². The van der Waals surface area contributed by atoms with Crippen LogP contribution in [0.2, 0.25) is 0 Å². The highest BCUT2D eigenvalue weighted by atomic mass is 32.2. The molecule has 0 spiro atoms. The molecule has 152 valence electrons. The summed E-state index contributed by atoms with van der Waals surface area (Å²) in [6, 6.07) is 5.95. The summed E-state index contributed by atoms with van der Waals surface area (Å²) in [5.74, 6) is -0.276. The van der Waals surface area contributed by atoms with Crippen LogP contribution in [0.3, 0.4) is 0 Å². The van der Waals surface area contributed by atoms with Gasteiger partial charge in [-0.2, -0.15) is 17.0 Å². The van der Waals surface area contributed by atoms with Crippen molar-refractivity contribution in [2.45, 2.75) is 19.9 Å². The first-order chi connectivity index (χ1) is 12.6. The second kappa shape index (κ2) is 9.09. The van der Waals surface area contributed by atoms with Gasteiger partial charge in [0.05, 0.1) is 12.6 Å². The highest BCUT2D eigenvalue weighted by Gasteiger charge is 2.29. The highest BCUT2D eigenvalue weighted by molar-refractivity contribution is 7.86. The molecule has 1 aliphatic heterocycles. The molecule has 1 amide bonds. The van der Waals surface area contributed by atoms with Crippen molar-refractivity contribution in [2.75, 3.05) is 46.8 Å². The zero-order chi connectivity index (χ0) is 20.2. The number of benzene rings is 1. The summed E-state index contributed by atoms with van der Waals surface area (Å²) >= 11 is 0. The molecule has 1 fully saturated rings. The fraction of sp³-hybridized carbons (Fsp3) is 0.611. The van der Waals surface area contributed by atoms with E-state index in [2.05, 4.69) is 5.32 Å². The normalized spacial score (nSPS) is 18.0. The van der Waals surface area contributed by atoms with Crippen LogP contribution in [-0.4, -0.2) is 74.7 Å². The molecule has 0 aromatic heterocycles. The number of carbonyl (C=O) groups is 1. The second-order valence-electron chi connectivity index (χ2n) is 7.31. The van der Waals surface area contributed by atoms with E-state index in [1.165, 1.54) is 34.8 Å². The van der Waals surface area contributed by atoms with Crippen molar-refractivity contribution in [3.8, 4) is 0 Å². The maximum absolute atomic E-state index is 13.1. The Bertz CT molecular complexity index is 729. The first kappa shape index (κ1) is 21.7. The number of carbonyl (C=O) groups excluding carboxylic acids is 1. The van der Waals surface area contributed by atoms with E-state index in [-0.39, 0.29) is 30.2 Å². The van der Waals surface area contributed by atoms with E-state index >= 15 is 0 Å². The van der Waals surface area contributed by atoms with Gasteiger partial charge in [0.1, 0.15) is 5.82 Å². The molecule has 1 heterocycles. The molecule has 1 aromatic rings. The van der Waals surface area contributed by atoms with Gasteiger partial charge in [0.2, 0.25) is 5.91 Å². The minimum absolute atomic E-state index is 0.123. The van der Waals surface area contributed by atoms with Crippen LogP contribution in [0.1, 0.15) is 25.5 Å². The molecule has 27 heavy (non-hydrogen) atoms. The van der Waals surface area contributed by atoms with Crippen LogP contribution in [0.4, 0.5) is 4.39 Å². The molecular weight excluding hydrogens is 371 g/mol. The van der Waals surface area contributed by atoms with E-state index in [9.17, 15) is 17.6 Å². The Morgan fingerprint density at radius 1 is 1.15 bits per heavy atom. The van der Waals surface area contributed by atoms with E-state index in [1.54, 1.807) is 12.1 Å².